The van der Waals surface area contributed by atoms with Gasteiger partial charge in [-0.05, 0) is 60.5 Å². The molecule has 0 aliphatic rings. The molecule has 1 amide bonds. The Hall–Kier alpha value is -4.25. The van der Waals surface area contributed by atoms with Crippen LogP contribution in [0, 0.1) is 12.7 Å². The van der Waals surface area contributed by atoms with Crippen LogP contribution >= 0.6 is 11.3 Å². The van der Waals surface area contributed by atoms with E-state index in [4.69, 9.17) is 0 Å². The van der Waals surface area contributed by atoms with Gasteiger partial charge in [0, 0.05) is 18.7 Å². The van der Waals surface area contributed by atoms with E-state index >= 15 is 0 Å². The van der Waals surface area contributed by atoms with Gasteiger partial charge in [-0.15, -0.1) is 0 Å². The number of anilines is 1. The first-order chi connectivity index (χ1) is 19.7. The van der Waals surface area contributed by atoms with Gasteiger partial charge in [0.15, 0.2) is 0 Å². The van der Waals surface area contributed by atoms with Crippen molar-refractivity contribution >= 4 is 48.8 Å². The Labute approximate surface area is 242 Å². The highest BCUT2D eigenvalue weighted by atomic mass is 32.2. The number of thiazole rings is 1. The maximum absolute atomic E-state index is 13.8. The molecule has 208 valence electrons. The van der Waals surface area contributed by atoms with Gasteiger partial charge in [-0.3, -0.25) is 4.79 Å². The Balaban J connectivity index is 1.45. The Kier molecular flexibility index (Phi) is 8.34. The number of carbonyl (C=O) groups excluding carboxylic acids is 1. The van der Waals surface area contributed by atoms with E-state index in [0.717, 1.165) is 33.0 Å². The minimum absolute atomic E-state index is 0.0806. The summed E-state index contributed by atoms with van der Waals surface area (Å²) < 4.78 is 42.6. The average molecular weight is 587 g/mol. The maximum Gasteiger partial charge on any atom is 0.280 e. The SMILES string of the molecule is CCN(Cc1ccccc1)S(=O)(=O)c1ccc(C(=O)N(/N=C/c2ccc(C)cc2)c2nc3ccc(F)cc3s2)cc1. The number of hydrazone groups is 1. The number of nitrogens with zero attached hydrogens (tertiary/aromatic N) is 4. The second kappa shape index (κ2) is 12.1. The fraction of sp³-hybridized carbons (Fsp3) is 0.129. The third-order valence-corrected chi connectivity index (χ3v) is 9.33. The van der Waals surface area contributed by atoms with Crippen molar-refractivity contribution in [3.8, 4) is 0 Å². The second-order valence-electron chi connectivity index (χ2n) is 9.32. The Morgan fingerprint density at radius 1 is 0.976 bits per heavy atom. The molecule has 0 atom stereocenters. The molecule has 0 radical (unpaired) electrons. The number of benzene rings is 4. The number of hydrogen-bond acceptors (Lipinski definition) is 6. The smallest absolute Gasteiger partial charge is 0.267 e. The van der Waals surface area contributed by atoms with Crippen LogP contribution in [0.25, 0.3) is 10.2 Å². The van der Waals surface area contributed by atoms with E-state index in [1.165, 1.54) is 40.7 Å². The molecule has 10 heteroatoms. The molecule has 0 fully saturated rings. The first-order valence-electron chi connectivity index (χ1n) is 12.9. The van der Waals surface area contributed by atoms with E-state index in [1.54, 1.807) is 19.2 Å². The molecular weight excluding hydrogens is 559 g/mol. The lowest BCUT2D eigenvalue weighted by Gasteiger charge is -2.21. The number of sulfonamides is 1. The zero-order chi connectivity index (χ0) is 29.0. The first kappa shape index (κ1) is 28.3. The fourth-order valence-electron chi connectivity index (χ4n) is 4.14. The number of hydrogen-bond donors (Lipinski definition) is 0. The van der Waals surface area contributed by atoms with Crippen molar-refractivity contribution in [3.05, 3.63) is 125 Å². The van der Waals surface area contributed by atoms with Crippen LogP contribution in [0.5, 0.6) is 0 Å². The summed E-state index contributed by atoms with van der Waals surface area (Å²) in [5.41, 5.74) is 3.50. The summed E-state index contributed by atoms with van der Waals surface area (Å²) >= 11 is 1.13. The highest BCUT2D eigenvalue weighted by Gasteiger charge is 2.25. The largest absolute Gasteiger partial charge is 0.280 e. The minimum atomic E-state index is -3.80. The summed E-state index contributed by atoms with van der Waals surface area (Å²) in [7, 11) is -3.80. The van der Waals surface area contributed by atoms with Crippen molar-refractivity contribution in [2.45, 2.75) is 25.3 Å². The van der Waals surface area contributed by atoms with E-state index < -0.39 is 21.7 Å². The van der Waals surface area contributed by atoms with Crippen LogP contribution in [-0.4, -0.2) is 36.4 Å². The standard InChI is InChI=1S/C31H27FN4O3S2/c1-3-35(21-24-7-5-4-6-8-24)41(38,39)27-16-13-25(14-17-27)30(37)36(33-20-23-11-9-22(2)10-12-23)31-34-28-18-15-26(32)19-29(28)40-31/h4-20H,3,21H2,1-2H3/b33-20+. The predicted octanol–water partition coefficient (Wildman–Crippen LogP) is 6.64. The molecular formula is C31H27FN4O3S2. The second-order valence-corrected chi connectivity index (χ2v) is 12.3. The minimum Gasteiger partial charge on any atom is -0.267 e. The van der Waals surface area contributed by atoms with E-state index in [9.17, 15) is 17.6 Å². The average Bonchev–Trinajstić information content (AvgIpc) is 3.40. The first-order valence-corrected chi connectivity index (χ1v) is 15.2. The molecule has 0 aliphatic carbocycles. The predicted molar refractivity (Wildman–Crippen MR) is 161 cm³/mol. The van der Waals surface area contributed by atoms with Crippen LogP contribution in [0.2, 0.25) is 0 Å². The normalized spacial score (nSPS) is 11.9. The Morgan fingerprint density at radius 2 is 1.68 bits per heavy atom. The van der Waals surface area contributed by atoms with Crippen LogP contribution in [0.1, 0.15) is 34.0 Å². The van der Waals surface area contributed by atoms with Gasteiger partial charge in [0.05, 0.1) is 21.3 Å². The van der Waals surface area contributed by atoms with Crippen molar-refractivity contribution in [2.24, 2.45) is 5.10 Å². The van der Waals surface area contributed by atoms with Gasteiger partial charge in [0.25, 0.3) is 5.91 Å². The summed E-state index contributed by atoms with van der Waals surface area (Å²) in [6.45, 7) is 4.28. The molecule has 0 spiro atoms. The van der Waals surface area contributed by atoms with E-state index in [1.807, 2.05) is 61.5 Å². The zero-order valence-corrected chi connectivity index (χ0v) is 24.1. The van der Waals surface area contributed by atoms with Crippen molar-refractivity contribution in [1.29, 1.82) is 0 Å². The summed E-state index contributed by atoms with van der Waals surface area (Å²) in [6, 6.07) is 27.0. The van der Waals surface area contributed by atoms with Crippen LogP contribution in [0.15, 0.2) is 107 Å². The van der Waals surface area contributed by atoms with Gasteiger partial charge in [0.2, 0.25) is 15.2 Å². The number of amides is 1. The van der Waals surface area contributed by atoms with Crippen LogP contribution in [-0.2, 0) is 16.6 Å². The number of rotatable bonds is 9. The number of aryl methyl sites for hydroxylation is 1. The lowest BCUT2D eigenvalue weighted by atomic mass is 10.2. The van der Waals surface area contributed by atoms with Gasteiger partial charge in [-0.1, -0.05) is 78.4 Å². The van der Waals surface area contributed by atoms with Crippen molar-refractivity contribution < 1.29 is 17.6 Å². The molecule has 0 unspecified atom stereocenters. The number of halogens is 1. The third-order valence-electron chi connectivity index (χ3n) is 6.41. The van der Waals surface area contributed by atoms with Crippen molar-refractivity contribution in [2.75, 3.05) is 11.6 Å². The molecule has 41 heavy (non-hydrogen) atoms. The molecule has 0 N–H and O–H groups in total. The lowest BCUT2D eigenvalue weighted by molar-refractivity contribution is 0.0987. The molecule has 5 aromatic rings. The van der Waals surface area contributed by atoms with Gasteiger partial charge in [-0.25, -0.2) is 17.8 Å². The summed E-state index contributed by atoms with van der Waals surface area (Å²) in [5.74, 6) is -0.910. The van der Waals surface area contributed by atoms with E-state index in [0.29, 0.717) is 10.2 Å². The Morgan fingerprint density at radius 3 is 2.37 bits per heavy atom. The van der Waals surface area contributed by atoms with Crippen LogP contribution in [0.4, 0.5) is 9.52 Å². The molecule has 0 saturated carbocycles. The molecule has 4 aromatic carbocycles. The third kappa shape index (κ3) is 6.40. The highest BCUT2D eigenvalue weighted by molar-refractivity contribution is 7.89. The van der Waals surface area contributed by atoms with Gasteiger partial charge in [0.1, 0.15) is 5.82 Å². The monoisotopic (exact) mass is 586 g/mol. The molecule has 1 heterocycles. The highest BCUT2D eigenvalue weighted by Crippen LogP contribution is 2.31. The summed E-state index contributed by atoms with van der Waals surface area (Å²) in [4.78, 5) is 18.3. The molecule has 0 saturated heterocycles. The fourth-order valence-corrected chi connectivity index (χ4v) is 6.52. The molecule has 0 bridgehead atoms. The maximum atomic E-state index is 13.8. The molecule has 1 aromatic heterocycles. The van der Waals surface area contributed by atoms with Gasteiger partial charge in [-0.2, -0.15) is 14.4 Å². The van der Waals surface area contributed by atoms with Crippen LogP contribution < -0.4 is 5.01 Å². The van der Waals surface area contributed by atoms with Gasteiger partial charge >= 0.3 is 0 Å². The molecule has 5 rings (SSSR count). The lowest BCUT2D eigenvalue weighted by Crippen LogP contribution is -2.30. The number of aromatic nitrogens is 1. The summed E-state index contributed by atoms with van der Waals surface area (Å²) in [6.07, 6.45) is 1.55. The van der Waals surface area contributed by atoms with Crippen LogP contribution in [0.3, 0.4) is 0 Å². The molecule has 0 aliphatic heterocycles. The molecule has 7 nitrogen and oxygen atoms in total. The number of carbonyl (C=O) groups is 1. The summed E-state index contributed by atoms with van der Waals surface area (Å²) in [5, 5.41) is 5.85. The van der Waals surface area contributed by atoms with E-state index in [-0.39, 0.29) is 28.7 Å². The Bertz CT molecular complexity index is 1800. The van der Waals surface area contributed by atoms with Crippen molar-refractivity contribution in [1.82, 2.24) is 9.29 Å². The zero-order valence-electron chi connectivity index (χ0n) is 22.4. The number of fused-ring (bicyclic) bond motifs is 1. The quantitative estimate of drug-likeness (QED) is 0.143. The van der Waals surface area contributed by atoms with Gasteiger partial charge < -0.3 is 0 Å². The van der Waals surface area contributed by atoms with Crippen molar-refractivity contribution in [3.63, 3.8) is 0 Å². The topological polar surface area (TPSA) is 82.9 Å². The van der Waals surface area contributed by atoms with E-state index in [2.05, 4.69) is 10.1 Å².